The summed E-state index contributed by atoms with van der Waals surface area (Å²) in [6.07, 6.45) is 80.6. The normalized spacial score (nSPS) is 14.5. The summed E-state index contributed by atoms with van der Waals surface area (Å²) >= 11 is 0. The van der Waals surface area contributed by atoms with E-state index in [0.29, 0.717) is 25.7 Å². The molecule has 0 radical (unpaired) electrons. The number of ether oxygens (including phenoxy) is 4. The third kappa shape index (κ3) is 74.0. The van der Waals surface area contributed by atoms with Gasteiger partial charge in [-0.25, -0.2) is 9.13 Å². The van der Waals surface area contributed by atoms with Crippen molar-refractivity contribution in [2.75, 3.05) is 39.6 Å². The molecule has 0 aromatic heterocycles. The molecule has 0 aliphatic rings. The predicted octanol–water partition coefficient (Wildman–Crippen LogP) is 23.3. The molecule has 0 aromatic rings. The van der Waals surface area contributed by atoms with E-state index in [1.807, 2.05) is 0 Å². The van der Waals surface area contributed by atoms with Crippen LogP contribution >= 0.6 is 15.6 Å². The fourth-order valence-electron chi connectivity index (χ4n) is 10.6. The van der Waals surface area contributed by atoms with E-state index in [4.69, 9.17) is 37.0 Å². The number of carbonyl (C=O) groups excluding carboxylic acids is 4. The van der Waals surface area contributed by atoms with Crippen molar-refractivity contribution in [3.63, 3.8) is 0 Å². The topological polar surface area (TPSA) is 237 Å². The van der Waals surface area contributed by atoms with Crippen LogP contribution in [0.1, 0.15) is 336 Å². The first kappa shape index (κ1) is 97.7. The first-order valence-electron chi connectivity index (χ1n) is 40.1. The Morgan fingerprint density at radius 2 is 0.510 bits per heavy atom. The summed E-state index contributed by atoms with van der Waals surface area (Å²) in [5, 5.41) is 10.6. The van der Waals surface area contributed by atoms with Gasteiger partial charge in [-0.1, -0.05) is 285 Å². The molecule has 0 aliphatic heterocycles. The monoisotopic (exact) mass is 1470 g/mol. The Morgan fingerprint density at radius 3 is 0.814 bits per heavy atom. The fourth-order valence-corrected chi connectivity index (χ4v) is 12.2. The van der Waals surface area contributed by atoms with Crippen LogP contribution in [-0.2, 0) is 65.4 Å². The van der Waals surface area contributed by atoms with Gasteiger partial charge in [0.2, 0.25) is 0 Å². The van der Waals surface area contributed by atoms with Gasteiger partial charge in [-0.2, -0.15) is 0 Å². The van der Waals surface area contributed by atoms with E-state index in [-0.39, 0.29) is 25.7 Å². The van der Waals surface area contributed by atoms with E-state index < -0.39 is 97.5 Å². The molecule has 0 fully saturated rings. The molecule has 0 saturated carbocycles. The lowest BCUT2D eigenvalue weighted by Gasteiger charge is -2.21. The smallest absolute Gasteiger partial charge is 0.462 e. The fraction of sp³-hybridized carbons (Fsp3) is 0.735. The van der Waals surface area contributed by atoms with Crippen LogP contribution in [0.25, 0.3) is 0 Å². The average Bonchev–Trinajstić information content (AvgIpc) is 0.908. The van der Waals surface area contributed by atoms with Crippen molar-refractivity contribution < 1.29 is 80.2 Å². The SMILES string of the molecule is CC/C=C\C/C=C\C/C=C\C/C=C\C/C=C\CCCCCC(=O)OCC(COP(=O)(O)OCC(O)COP(=O)(O)OCC(COC(=O)CCCCCCC/C=C\C/C=C\CCCCC)OC(=O)CCCCCCC/C=C\C/C=C\CCCCC)OC(=O)CCCCCCCCCCCCCCC. The molecule has 5 unspecified atom stereocenters. The number of esters is 4. The Labute approximate surface area is 619 Å². The third-order valence-electron chi connectivity index (χ3n) is 16.7. The van der Waals surface area contributed by atoms with Crippen LogP contribution in [0.4, 0.5) is 0 Å². The van der Waals surface area contributed by atoms with Gasteiger partial charge >= 0.3 is 39.5 Å². The Bertz CT molecular complexity index is 2360. The molecule has 0 aromatic carbocycles. The number of unbranched alkanes of at least 4 members (excludes halogenated alkanes) is 31. The van der Waals surface area contributed by atoms with E-state index in [1.54, 1.807) is 0 Å². The number of phosphoric acid groups is 2. The number of allylic oxidation sites excluding steroid dienone is 18. The summed E-state index contributed by atoms with van der Waals surface area (Å²) in [6.45, 7) is 4.67. The zero-order valence-corrected chi connectivity index (χ0v) is 66.0. The lowest BCUT2D eigenvalue weighted by molar-refractivity contribution is -0.161. The summed E-state index contributed by atoms with van der Waals surface area (Å²) in [6, 6.07) is 0. The number of phosphoric ester groups is 2. The summed E-state index contributed by atoms with van der Waals surface area (Å²) in [4.78, 5) is 73.0. The van der Waals surface area contributed by atoms with Crippen molar-refractivity contribution in [3.05, 3.63) is 109 Å². The predicted molar refractivity (Wildman–Crippen MR) is 418 cm³/mol. The highest BCUT2D eigenvalue weighted by atomic mass is 31.2. The minimum absolute atomic E-state index is 0.0753. The first-order valence-corrected chi connectivity index (χ1v) is 43.1. The van der Waals surface area contributed by atoms with Crippen LogP contribution in [-0.4, -0.2) is 96.7 Å². The summed E-state index contributed by atoms with van der Waals surface area (Å²) in [5.41, 5.74) is 0. The van der Waals surface area contributed by atoms with Crippen molar-refractivity contribution >= 4 is 39.5 Å². The van der Waals surface area contributed by atoms with Crippen LogP contribution < -0.4 is 0 Å². The molecule has 588 valence electrons. The molecule has 0 rings (SSSR count). The van der Waals surface area contributed by atoms with Crippen LogP contribution in [0.2, 0.25) is 0 Å². The largest absolute Gasteiger partial charge is 0.472 e. The van der Waals surface area contributed by atoms with Crippen LogP contribution in [0.15, 0.2) is 109 Å². The van der Waals surface area contributed by atoms with Gasteiger partial charge in [0.15, 0.2) is 12.2 Å². The van der Waals surface area contributed by atoms with Gasteiger partial charge in [0.25, 0.3) is 0 Å². The van der Waals surface area contributed by atoms with Gasteiger partial charge < -0.3 is 33.8 Å². The molecule has 0 heterocycles. The highest BCUT2D eigenvalue weighted by molar-refractivity contribution is 7.47. The van der Waals surface area contributed by atoms with Gasteiger partial charge in [0.1, 0.15) is 19.3 Å². The molecule has 3 N–H and O–H groups in total. The zero-order chi connectivity index (χ0) is 74.6. The van der Waals surface area contributed by atoms with E-state index in [2.05, 4.69) is 137 Å². The van der Waals surface area contributed by atoms with E-state index in [1.165, 1.54) is 89.9 Å². The zero-order valence-electron chi connectivity index (χ0n) is 64.3. The van der Waals surface area contributed by atoms with Gasteiger partial charge in [0, 0.05) is 25.7 Å². The van der Waals surface area contributed by atoms with Crippen molar-refractivity contribution in [3.8, 4) is 0 Å². The number of aliphatic hydroxyl groups excluding tert-OH is 1. The molecule has 0 spiro atoms. The van der Waals surface area contributed by atoms with E-state index >= 15 is 0 Å². The summed E-state index contributed by atoms with van der Waals surface area (Å²) in [7, 11) is -9.97. The van der Waals surface area contributed by atoms with Crippen molar-refractivity contribution in [2.45, 2.75) is 354 Å². The molecule has 19 heteroatoms. The molecule has 0 bridgehead atoms. The second-order valence-electron chi connectivity index (χ2n) is 26.6. The molecule has 0 amide bonds. The number of aliphatic hydroxyl groups is 1. The Hall–Kier alpha value is -4.28. The Balaban J connectivity index is 5.38. The molecule has 17 nitrogen and oxygen atoms in total. The lowest BCUT2D eigenvalue weighted by atomic mass is 10.0. The first-order chi connectivity index (χ1) is 49.7. The van der Waals surface area contributed by atoms with Gasteiger partial charge in [-0.15, -0.1) is 0 Å². The standard InChI is InChI=1S/C83H144O17P2/c1-5-9-13-17-21-25-29-33-36-37-38-39-42-45-48-52-56-60-64-68-81(86)94-73-78(99-82(87)69-65-61-57-53-49-43-32-28-24-20-16-12-8-4)75-97-101(89,90)95-71-77(84)72-96-102(91,92)98-76-79(100-83(88)70-66-62-58-54-50-46-41-35-31-27-23-19-15-11-7-3)74-93-80(85)67-63-59-55-51-47-44-40-34-30-26-22-18-14-10-6-2/h9,13,21-23,25-27,33-36,38-41,45,48,77-79,84H,5-8,10-12,14-20,24,28-32,37,42-44,46-47,49-76H2,1-4H3,(H,89,90)(H,91,92)/b13-9-,25-21-,26-22-,27-23-,36-33-,39-38-,40-34-,41-35-,48-45-. The Morgan fingerprint density at radius 1 is 0.284 bits per heavy atom. The molecule has 0 saturated heterocycles. The number of hydrogen-bond acceptors (Lipinski definition) is 15. The minimum Gasteiger partial charge on any atom is -0.462 e. The minimum atomic E-state index is -4.98. The lowest BCUT2D eigenvalue weighted by Crippen LogP contribution is -2.30. The second-order valence-corrected chi connectivity index (χ2v) is 29.5. The summed E-state index contributed by atoms with van der Waals surface area (Å²) in [5.74, 6) is -2.23. The van der Waals surface area contributed by atoms with Crippen LogP contribution in [0, 0.1) is 0 Å². The van der Waals surface area contributed by atoms with E-state index in [0.717, 1.165) is 167 Å². The van der Waals surface area contributed by atoms with Crippen molar-refractivity contribution in [2.24, 2.45) is 0 Å². The maximum absolute atomic E-state index is 13.1. The number of carbonyl (C=O) groups is 4. The van der Waals surface area contributed by atoms with Crippen LogP contribution in [0.3, 0.4) is 0 Å². The van der Waals surface area contributed by atoms with Crippen molar-refractivity contribution in [1.82, 2.24) is 0 Å². The Kier molecular flexibility index (Phi) is 71.8. The van der Waals surface area contributed by atoms with Gasteiger partial charge in [-0.05, 0) is 135 Å². The van der Waals surface area contributed by atoms with Crippen LogP contribution in [0.5, 0.6) is 0 Å². The second kappa shape index (κ2) is 75.0. The average molecular weight is 1480 g/mol. The number of hydrogen-bond donors (Lipinski definition) is 3. The van der Waals surface area contributed by atoms with Gasteiger partial charge in [-0.3, -0.25) is 37.3 Å². The van der Waals surface area contributed by atoms with Crippen molar-refractivity contribution in [1.29, 1.82) is 0 Å². The summed E-state index contributed by atoms with van der Waals surface area (Å²) < 4.78 is 68.6. The maximum atomic E-state index is 13.1. The number of rotatable bonds is 75. The molecular formula is C83H144O17P2. The molecule has 102 heavy (non-hydrogen) atoms. The maximum Gasteiger partial charge on any atom is 0.472 e. The van der Waals surface area contributed by atoms with E-state index in [9.17, 15) is 43.2 Å². The molecular weight excluding hydrogens is 1330 g/mol. The van der Waals surface area contributed by atoms with Gasteiger partial charge in [0.05, 0.1) is 26.4 Å². The molecule has 0 aliphatic carbocycles. The molecule has 5 atom stereocenters. The highest BCUT2D eigenvalue weighted by Gasteiger charge is 2.30. The highest BCUT2D eigenvalue weighted by Crippen LogP contribution is 2.45. The quantitative estimate of drug-likeness (QED) is 0.0169. The third-order valence-corrected chi connectivity index (χ3v) is 18.6.